The molecule has 0 amide bonds. The van der Waals surface area contributed by atoms with Crippen LogP contribution in [0.5, 0.6) is 5.75 Å². The smallest absolute Gasteiger partial charge is 0.312 e. The van der Waals surface area contributed by atoms with Crippen molar-refractivity contribution in [3.8, 4) is 11.4 Å². The number of nitrogens with zero attached hydrogens (tertiary/aromatic N) is 3. The lowest BCUT2D eigenvalue weighted by Crippen LogP contribution is -2.51. The molecule has 2 aromatic carbocycles. The van der Waals surface area contributed by atoms with Crippen LogP contribution < -0.4 is 5.73 Å². The summed E-state index contributed by atoms with van der Waals surface area (Å²) in [5.74, 6) is -3.86. The first-order valence-electron chi connectivity index (χ1n) is 10.1. The Morgan fingerprint density at radius 1 is 1.16 bits per heavy atom. The number of hydrogen-bond acceptors (Lipinski definition) is 6. The number of aromatic nitrogens is 3. The van der Waals surface area contributed by atoms with Crippen molar-refractivity contribution < 1.29 is 24.9 Å². The van der Waals surface area contributed by atoms with Crippen LogP contribution in [0.4, 0.5) is 0 Å². The maximum absolute atomic E-state index is 12.4. The van der Waals surface area contributed by atoms with Gasteiger partial charge in [0.05, 0.1) is 12.0 Å². The van der Waals surface area contributed by atoms with Gasteiger partial charge < -0.3 is 21.1 Å². The molecule has 3 unspecified atom stereocenters. The van der Waals surface area contributed by atoms with Crippen LogP contribution in [0.3, 0.4) is 0 Å². The molecule has 9 heteroatoms. The maximum atomic E-state index is 12.4. The lowest BCUT2D eigenvalue weighted by atomic mass is 9.60. The van der Waals surface area contributed by atoms with Gasteiger partial charge in [0.15, 0.2) is 0 Å². The number of carbonyl (C=O) groups is 2. The van der Waals surface area contributed by atoms with E-state index >= 15 is 0 Å². The van der Waals surface area contributed by atoms with Crippen LogP contribution in [0.2, 0.25) is 0 Å². The highest BCUT2D eigenvalue weighted by molar-refractivity contribution is 5.85. The second-order valence-corrected chi connectivity index (χ2v) is 8.16. The predicted molar refractivity (Wildman–Crippen MR) is 112 cm³/mol. The number of benzene rings is 2. The number of carboxylic acid groups (broad SMARTS) is 2. The average molecular weight is 424 g/mol. The average Bonchev–Trinajstić information content (AvgIpc) is 3.18. The molecule has 1 saturated carbocycles. The molecule has 4 rings (SSSR count). The van der Waals surface area contributed by atoms with Crippen molar-refractivity contribution in [3.63, 3.8) is 0 Å². The first kappa shape index (κ1) is 20.8. The van der Waals surface area contributed by atoms with Gasteiger partial charge in [0.25, 0.3) is 0 Å². The fourth-order valence-electron chi connectivity index (χ4n) is 4.72. The molecule has 3 aromatic rings. The molecular weight excluding hydrogens is 400 g/mol. The van der Waals surface area contributed by atoms with Crippen molar-refractivity contribution in [3.05, 3.63) is 47.5 Å². The van der Waals surface area contributed by atoms with Gasteiger partial charge in [-0.2, -0.15) is 0 Å². The Morgan fingerprint density at radius 2 is 1.81 bits per heavy atom. The first-order chi connectivity index (χ1) is 14.8. The number of phenols is 1. The first-order valence-corrected chi connectivity index (χ1v) is 10.1. The minimum Gasteiger partial charge on any atom is -0.505 e. The highest BCUT2D eigenvalue weighted by Gasteiger charge is 2.55. The summed E-state index contributed by atoms with van der Waals surface area (Å²) in [7, 11) is 0. The summed E-state index contributed by atoms with van der Waals surface area (Å²) in [6.45, 7) is 1.78. The molecule has 1 heterocycles. The standard InChI is InChI=1S/C22H24N4O5/c1-12-10-13(19(23)22(21(30)31)9-5-4-6-14(22)20(28)29)18(27)17(11-12)26-24-15-7-2-3-8-16(15)25-26/h2-3,7-8,10-11,14,19,27H,4-6,9,23H2,1H3,(H,28,29)(H,30,31). The molecule has 9 nitrogen and oxygen atoms in total. The van der Waals surface area contributed by atoms with Crippen LogP contribution in [0, 0.1) is 18.3 Å². The number of aryl methyl sites for hydroxylation is 1. The zero-order chi connectivity index (χ0) is 22.3. The van der Waals surface area contributed by atoms with Gasteiger partial charge in [-0.3, -0.25) is 9.59 Å². The molecule has 1 aromatic heterocycles. The quantitative estimate of drug-likeness (QED) is 0.488. The maximum Gasteiger partial charge on any atom is 0.312 e. The van der Waals surface area contributed by atoms with E-state index in [1.807, 2.05) is 12.1 Å². The van der Waals surface area contributed by atoms with Gasteiger partial charge >= 0.3 is 11.9 Å². The molecular formula is C22H24N4O5. The summed E-state index contributed by atoms with van der Waals surface area (Å²) in [5.41, 5.74) is 7.15. The summed E-state index contributed by atoms with van der Waals surface area (Å²) >= 11 is 0. The normalized spacial score (nSPS) is 22.3. The number of phenolic OH excluding ortho intramolecular Hbond substituents is 1. The van der Waals surface area contributed by atoms with E-state index in [-0.39, 0.29) is 29.8 Å². The molecule has 0 saturated heterocycles. The van der Waals surface area contributed by atoms with Gasteiger partial charge in [-0.15, -0.1) is 15.0 Å². The van der Waals surface area contributed by atoms with E-state index in [4.69, 9.17) is 5.73 Å². The van der Waals surface area contributed by atoms with Crippen molar-refractivity contribution in [1.29, 1.82) is 0 Å². The topological polar surface area (TPSA) is 152 Å². The Labute approximate surface area is 178 Å². The van der Waals surface area contributed by atoms with E-state index in [1.165, 1.54) is 4.80 Å². The minimum atomic E-state index is -1.73. The van der Waals surface area contributed by atoms with Crippen LogP contribution in [0.25, 0.3) is 16.7 Å². The van der Waals surface area contributed by atoms with E-state index < -0.39 is 29.3 Å². The largest absolute Gasteiger partial charge is 0.505 e. The SMILES string of the molecule is Cc1cc(C(N)C2(C(=O)O)CCCCC2C(=O)O)c(O)c(-n2nc3ccccc3n2)c1. The summed E-state index contributed by atoms with van der Waals surface area (Å²) < 4.78 is 0. The van der Waals surface area contributed by atoms with Crippen LogP contribution in [0.15, 0.2) is 36.4 Å². The molecule has 5 N–H and O–H groups in total. The Morgan fingerprint density at radius 3 is 2.39 bits per heavy atom. The van der Waals surface area contributed by atoms with E-state index in [2.05, 4.69) is 10.2 Å². The fraction of sp³-hybridized carbons (Fsp3) is 0.364. The van der Waals surface area contributed by atoms with E-state index in [0.717, 1.165) is 0 Å². The minimum absolute atomic E-state index is 0.118. The van der Waals surface area contributed by atoms with Crippen molar-refractivity contribution in [2.24, 2.45) is 17.1 Å². The fourth-order valence-corrected chi connectivity index (χ4v) is 4.72. The second-order valence-electron chi connectivity index (χ2n) is 8.16. The molecule has 0 radical (unpaired) electrons. The van der Waals surface area contributed by atoms with Crippen molar-refractivity contribution in [2.45, 2.75) is 38.6 Å². The number of nitrogens with two attached hydrogens (primary N) is 1. The van der Waals surface area contributed by atoms with Gasteiger partial charge in [0, 0.05) is 5.56 Å². The van der Waals surface area contributed by atoms with Gasteiger partial charge in [0.1, 0.15) is 27.9 Å². The van der Waals surface area contributed by atoms with Crippen molar-refractivity contribution in [2.75, 3.05) is 0 Å². The summed E-state index contributed by atoms with van der Waals surface area (Å²) in [6.07, 6.45) is 1.51. The molecule has 1 fully saturated rings. The van der Waals surface area contributed by atoms with E-state index in [1.54, 1.807) is 31.2 Å². The van der Waals surface area contributed by atoms with Gasteiger partial charge in [0.2, 0.25) is 0 Å². The summed E-state index contributed by atoms with van der Waals surface area (Å²) in [6, 6.07) is 9.28. The molecule has 1 aliphatic rings. The number of fused-ring (bicyclic) bond motifs is 1. The van der Waals surface area contributed by atoms with Crippen molar-refractivity contribution in [1.82, 2.24) is 15.0 Å². The highest BCUT2D eigenvalue weighted by atomic mass is 16.4. The van der Waals surface area contributed by atoms with E-state index in [9.17, 15) is 24.9 Å². The Balaban J connectivity index is 1.87. The summed E-state index contributed by atoms with van der Waals surface area (Å²) in [4.78, 5) is 25.6. The van der Waals surface area contributed by atoms with E-state index in [0.29, 0.717) is 29.4 Å². The van der Waals surface area contributed by atoms with Crippen LogP contribution in [-0.4, -0.2) is 42.3 Å². The molecule has 31 heavy (non-hydrogen) atoms. The highest BCUT2D eigenvalue weighted by Crippen LogP contribution is 2.51. The molecule has 0 aliphatic heterocycles. The Hall–Kier alpha value is -3.46. The number of hydrogen-bond donors (Lipinski definition) is 4. The third kappa shape index (κ3) is 3.31. The van der Waals surface area contributed by atoms with Gasteiger partial charge in [-0.1, -0.05) is 31.0 Å². The monoisotopic (exact) mass is 424 g/mol. The third-order valence-corrected chi connectivity index (χ3v) is 6.31. The number of carboxylic acids is 2. The Kier molecular flexibility index (Phi) is 5.14. The van der Waals surface area contributed by atoms with Gasteiger partial charge in [-0.05, 0) is 43.5 Å². The predicted octanol–water partition coefficient (Wildman–Crippen LogP) is 2.78. The van der Waals surface area contributed by atoms with Crippen LogP contribution >= 0.6 is 0 Å². The van der Waals surface area contributed by atoms with Crippen LogP contribution in [0.1, 0.15) is 42.9 Å². The Bertz CT molecular complexity index is 1140. The molecule has 0 spiro atoms. The number of aliphatic carboxylic acids is 2. The lowest BCUT2D eigenvalue weighted by molar-refractivity contribution is -0.168. The molecule has 0 bridgehead atoms. The zero-order valence-corrected chi connectivity index (χ0v) is 17.0. The number of aromatic hydroxyl groups is 1. The number of rotatable bonds is 5. The lowest BCUT2D eigenvalue weighted by Gasteiger charge is -2.43. The molecule has 162 valence electrons. The summed E-state index contributed by atoms with van der Waals surface area (Å²) in [5, 5.41) is 39.7. The molecule has 3 atom stereocenters. The second kappa shape index (κ2) is 7.66. The zero-order valence-electron chi connectivity index (χ0n) is 17.0. The van der Waals surface area contributed by atoms with Crippen molar-refractivity contribution >= 4 is 23.0 Å². The third-order valence-electron chi connectivity index (χ3n) is 6.31. The van der Waals surface area contributed by atoms with Crippen LogP contribution in [-0.2, 0) is 9.59 Å². The molecule has 1 aliphatic carbocycles. The van der Waals surface area contributed by atoms with Gasteiger partial charge in [-0.25, -0.2) is 0 Å².